The lowest BCUT2D eigenvalue weighted by molar-refractivity contribution is -0.132. The van der Waals surface area contributed by atoms with Gasteiger partial charge >= 0.3 is 0 Å². The van der Waals surface area contributed by atoms with Crippen molar-refractivity contribution in [2.24, 2.45) is 0 Å². The zero-order valence-electron chi connectivity index (χ0n) is 19.6. The largest absolute Gasteiger partial charge is 0.341 e. The highest BCUT2D eigenvalue weighted by molar-refractivity contribution is 6.32. The standard InChI is InChI=1S/C25H26ClN7O2/c1-3-22(34)31-11-6-7-17(15-31)33-23(35)13-16(2)18-14-27-25(29-24(18)33)28-21-10-12-32(30-21)20-9-5-4-8-19(20)26/h4-5,8-10,12-14,17H,3,6-7,11,15H2,1-2H3,(H,27,28,29,30)/t17-/m1/s1. The summed E-state index contributed by atoms with van der Waals surface area (Å²) in [5, 5.41) is 9.06. The van der Waals surface area contributed by atoms with Crippen LogP contribution in [0, 0.1) is 6.92 Å². The summed E-state index contributed by atoms with van der Waals surface area (Å²) in [5.41, 5.74) is 2.00. The summed E-state index contributed by atoms with van der Waals surface area (Å²) < 4.78 is 3.39. The first-order chi connectivity index (χ1) is 16.9. The summed E-state index contributed by atoms with van der Waals surface area (Å²) in [5.74, 6) is 0.978. The fourth-order valence-electron chi connectivity index (χ4n) is 4.58. The summed E-state index contributed by atoms with van der Waals surface area (Å²) in [6, 6.07) is 10.7. The van der Waals surface area contributed by atoms with Gasteiger partial charge in [-0.05, 0) is 37.5 Å². The molecule has 0 radical (unpaired) electrons. The molecule has 35 heavy (non-hydrogen) atoms. The monoisotopic (exact) mass is 491 g/mol. The number of aryl methyl sites for hydroxylation is 1. The molecule has 180 valence electrons. The molecule has 1 amide bonds. The summed E-state index contributed by atoms with van der Waals surface area (Å²) in [7, 11) is 0. The average Bonchev–Trinajstić information content (AvgIpc) is 3.32. The van der Waals surface area contributed by atoms with Crippen LogP contribution in [0.5, 0.6) is 0 Å². The molecule has 3 aromatic heterocycles. The van der Waals surface area contributed by atoms with Crippen molar-refractivity contribution in [3.8, 4) is 5.69 Å². The molecule has 1 atom stereocenters. The van der Waals surface area contributed by atoms with Gasteiger partial charge in [-0.3, -0.25) is 14.2 Å². The average molecular weight is 492 g/mol. The van der Waals surface area contributed by atoms with Crippen molar-refractivity contribution in [3.05, 3.63) is 69.7 Å². The smallest absolute Gasteiger partial charge is 0.252 e. The molecular formula is C25H26ClN7O2. The van der Waals surface area contributed by atoms with Gasteiger partial charge in [0.2, 0.25) is 11.9 Å². The number of hydrogen-bond donors (Lipinski definition) is 1. The molecule has 1 N–H and O–H groups in total. The third-order valence-corrected chi connectivity index (χ3v) is 6.66. The SMILES string of the molecule is CCC(=O)N1CCC[C@@H](n2c(=O)cc(C)c3cnc(Nc4ccn(-c5ccccc5Cl)n4)nc32)C1. The Balaban J connectivity index is 1.50. The predicted molar refractivity (Wildman–Crippen MR) is 136 cm³/mol. The Morgan fingerprint density at radius 3 is 2.89 bits per heavy atom. The van der Waals surface area contributed by atoms with E-state index in [-0.39, 0.29) is 17.5 Å². The first kappa shape index (κ1) is 23.0. The molecule has 0 aliphatic carbocycles. The van der Waals surface area contributed by atoms with Crippen molar-refractivity contribution in [2.45, 2.75) is 39.2 Å². The fourth-order valence-corrected chi connectivity index (χ4v) is 4.80. The van der Waals surface area contributed by atoms with Gasteiger partial charge in [-0.15, -0.1) is 5.10 Å². The Morgan fingerprint density at radius 1 is 1.26 bits per heavy atom. The molecule has 0 spiro atoms. The van der Waals surface area contributed by atoms with Gasteiger partial charge in [0.1, 0.15) is 5.65 Å². The number of hydrogen-bond acceptors (Lipinski definition) is 6. The number of nitrogens with zero attached hydrogens (tertiary/aromatic N) is 6. The molecule has 4 aromatic rings. The number of nitrogens with one attached hydrogen (secondary N) is 1. The zero-order valence-corrected chi connectivity index (χ0v) is 20.4. The van der Waals surface area contributed by atoms with Gasteiger partial charge in [-0.1, -0.05) is 30.7 Å². The molecular weight excluding hydrogens is 466 g/mol. The lowest BCUT2D eigenvalue weighted by Crippen LogP contribution is -2.42. The number of pyridine rings is 1. The summed E-state index contributed by atoms with van der Waals surface area (Å²) >= 11 is 6.29. The molecule has 0 saturated carbocycles. The minimum Gasteiger partial charge on any atom is -0.341 e. The molecule has 5 rings (SSSR count). The third-order valence-electron chi connectivity index (χ3n) is 6.34. The van der Waals surface area contributed by atoms with Crippen LogP contribution in [-0.4, -0.2) is 48.2 Å². The molecule has 10 heteroatoms. The second-order valence-corrected chi connectivity index (χ2v) is 9.09. The molecule has 1 saturated heterocycles. The van der Waals surface area contributed by atoms with Crippen LogP contribution in [0.3, 0.4) is 0 Å². The number of halogens is 1. The molecule has 1 aliphatic rings. The zero-order chi connectivity index (χ0) is 24.5. The maximum atomic E-state index is 13.1. The van der Waals surface area contributed by atoms with Gasteiger partial charge in [-0.2, -0.15) is 4.98 Å². The Hall–Kier alpha value is -3.72. The number of carbonyl (C=O) groups excluding carboxylic acids is 1. The van der Waals surface area contributed by atoms with Crippen LogP contribution in [0.4, 0.5) is 11.8 Å². The molecule has 9 nitrogen and oxygen atoms in total. The minimum atomic E-state index is -0.142. The van der Waals surface area contributed by atoms with Crippen molar-refractivity contribution in [2.75, 3.05) is 18.4 Å². The predicted octanol–water partition coefficient (Wildman–Crippen LogP) is 4.26. The van der Waals surface area contributed by atoms with Gasteiger partial charge < -0.3 is 10.2 Å². The normalized spacial score (nSPS) is 16.0. The van der Waals surface area contributed by atoms with Crippen LogP contribution in [0.2, 0.25) is 5.02 Å². The molecule has 1 fully saturated rings. The van der Waals surface area contributed by atoms with Crippen LogP contribution in [0.25, 0.3) is 16.7 Å². The number of fused-ring (bicyclic) bond motifs is 1. The number of piperidine rings is 1. The van der Waals surface area contributed by atoms with Crippen LogP contribution < -0.4 is 10.9 Å². The Bertz CT molecular complexity index is 1460. The first-order valence-electron chi connectivity index (χ1n) is 11.7. The number of rotatable bonds is 5. The van der Waals surface area contributed by atoms with E-state index in [0.717, 1.165) is 36.0 Å². The lowest BCUT2D eigenvalue weighted by atomic mass is 10.0. The maximum absolute atomic E-state index is 13.1. The Morgan fingerprint density at radius 2 is 2.09 bits per heavy atom. The van der Waals surface area contributed by atoms with Crippen LogP contribution in [0.1, 0.15) is 37.8 Å². The van der Waals surface area contributed by atoms with E-state index in [1.54, 1.807) is 39.8 Å². The Kier molecular flexibility index (Phi) is 6.25. The van der Waals surface area contributed by atoms with E-state index in [4.69, 9.17) is 16.6 Å². The summed E-state index contributed by atoms with van der Waals surface area (Å²) in [6.45, 7) is 4.96. The molecule has 1 aliphatic heterocycles. The highest BCUT2D eigenvalue weighted by Crippen LogP contribution is 2.26. The minimum absolute atomic E-state index is 0.102. The number of amides is 1. The number of benzene rings is 1. The summed E-state index contributed by atoms with van der Waals surface area (Å²) in [6.07, 6.45) is 5.62. The van der Waals surface area contributed by atoms with Gasteiger partial charge in [0, 0.05) is 49.4 Å². The first-order valence-corrected chi connectivity index (χ1v) is 12.1. The molecule has 0 unspecified atom stereocenters. The van der Waals surface area contributed by atoms with Crippen molar-refractivity contribution in [1.29, 1.82) is 0 Å². The van der Waals surface area contributed by atoms with Crippen LogP contribution in [-0.2, 0) is 4.79 Å². The van der Waals surface area contributed by atoms with Crippen molar-refractivity contribution in [1.82, 2.24) is 29.2 Å². The second kappa shape index (κ2) is 9.50. The van der Waals surface area contributed by atoms with Gasteiger partial charge in [0.25, 0.3) is 5.56 Å². The second-order valence-electron chi connectivity index (χ2n) is 8.68. The van der Waals surface area contributed by atoms with E-state index >= 15 is 0 Å². The lowest BCUT2D eigenvalue weighted by Gasteiger charge is -2.34. The Labute approximate surface area is 207 Å². The third kappa shape index (κ3) is 4.51. The summed E-state index contributed by atoms with van der Waals surface area (Å²) in [4.78, 5) is 36.4. The highest BCUT2D eigenvalue weighted by Gasteiger charge is 2.26. The topological polar surface area (TPSA) is 97.9 Å². The van der Waals surface area contributed by atoms with E-state index in [0.29, 0.717) is 35.4 Å². The van der Waals surface area contributed by atoms with E-state index in [2.05, 4.69) is 15.4 Å². The maximum Gasteiger partial charge on any atom is 0.252 e. The van der Waals surface area contributed by atoms with E-state index in [9.17, 15) is 9.59 Å². The molecule has 1 aromatic carbocycles. The van der Waals surface area contributed by atoms with Gasteiger partial charge in [0.15, 0.2) is 5.82 Å². The highest BCUT2D eigenvalue weighted by atomic mass is 35.5. The van der Waals surface area contributed by atoms with Gasteiger partial charge in [-0.25, -0.2) is 9.67 Å². The van der Waals surface area contributed by atoms with Crippen LogP contribution in [0.15, 0.2) is 53.6 Å². The van der Waals surface area contributed by atoms with Crippen molar-refractivity contribution in [3.63, 3.8) is 0 Å². The van der Waals surface area contributed by atoms with E-state index in [1.807, 2.05) is 36.9 Å². The van der Waals surface area contributed by atoms with E-state index < -0.39 is 0 Å². The van der Waals surface area contributed by atoms with E-state index in [1.165, 1.54) is 0 Å². The molecule has 4 heterocycles. The van der Waals surface area contributed by atoms with Crippen LogP contribution >= 0.6 is 11.6 Å². The quantitative estimate of drug-likeness (QED) is 0.448. The number of aromatic nitrogens is 5. The number of likely N-dealkylation sites (tertiary alicyclic amines) is 1. The number of anilines is 2. The number of carbonyl (C=O) groups is 1. The van der Waals surface area contributed by atoms with Crippen molar-refractivity contribution >= 4 is 40.3 Å². The van der Waals surface area contributed by atoms with Gasteiger partial charge in [0.05, 0.1) is 16.8 Å². The van der Waals surface area contributed by atoms with Crippen molar-refractivity contribution < 1.29 is 4.79 Å². The fraction of sp³-hybridized carbons (Fsp3) is 0.320. The molecule has 0 bridgehead atoms. The number of para-hydroxylation sites is 1.